The third kappa shape index (κ3) is 2.26. The van der Waals surface area contributed by atoms with E-state index in [-0.39, 0.29) is 5.91 Å². The molecule has 0 aliphatic carbocycles. The average molecular weight is 234 g/mol. The lowest BCUT2D eigenvalue weighted by atomic mass is 10.0. The van der Waals surface area contributed by atoms with Crippen molar-refractivity contribution < 1.29 is 9.53 Å². The molecule has 2 N–H and O–H groups in total. The molecule has 1 saturated heterocycles. The van der Waals surface area contributed by atoms with Gasteiger partial charge in [0.1, 0.15) is 0 Å². The summed E-state index contributed by atoms with van der Waals surface area (Å²) in [7, 11) is 0. The van der Waals surface area contributed by atoms with Gasteiger partial charge in [0.2, 0.25) is 0 Å². The van der Waals surface area contributed by atoms with E-state index in [2.05, 4.69) is 0 Å². The lowest BCUT2D eigenvalue weighted by Crippen LogP contribution is -2.41. The predicted molar refractivity (Wildman–Crippen MR) is 67.1 cm³/mol. The molecule has 0 bridgehead atoms. The Labute approximate surface area is 101 Å². The number of amides is 1. The Kier molecular flexibility index (Phi) is 3.33. The zero-order valence-electron chi connectivity index (χ0n) is 10.3. The number of hydrogen-bond acceptors (Lipinski definition) is 3. The third-order valence-corrected chi connectivity index (χ3v) is 3.26. The van der Waals surface area contributed by atoms with Gasteiger partial charge in [-0.3, -0.25) is 4.79 Å². The number of morpholine rings is 1. The van der Waals surface area contributed by atoms with E-state index in [1.54, 1.807) is 0 Å². The third-order valence-electron chi connectivity index (χ3n) is 3.26. The van der Waals surface area contributed by atoms with E-state index in [9.17, 15) is 4.79 Å². The molecule has 4 heteroatoms. The van der Waals surface area contributed by atoms with Gasteiger partial charge >= 0.3 is 0 Å². The summed E-state index contributed by atoms with van der Waals surface area (Å²) in [5.74, 6) is 0.0532. The van der Waals surface area contributed by atoms with Crippen LogP contribution < -0.4 is 5.73 Å². The summed E-state index contributed by atoms with van der Waals surface area (Å²) in [4.78, 5) is 14.1. The predicted octanol–water partition coefficient (Wildman–Crippen LogP) is 1.36. The summed E-state index contributed by atoms with van der Waals surface area (Å²) in [5, 5.41) is 0. The maximum atomic E-state index is 12.3. The number of carbonyl (C=O) groups is 1. The maximum Gasteiger partial charge on any atom is 0.254 e. The second-order valence-corrected chi connectivity index (χ2v) is 4.37. The number of rotatable bonds is 1. The largest absolute Gasteiger partial charge is 0.398 e. The number of benzene rings is 1. The second-order valence-electron chi connectivity index (χ2n) is 4.37. The van der Waals surface area contributed by atoms with Crippen molar-refractivity contribution in [2.24, 2.45) is 0 Å². The van der Waals surface area contributed by atoms with Crippen LogP contribution >= 0.6 is 0 Å². The van der Waals surface area contributed by atoms with Crippen molar-refractivity contribution in [1.82, 2.24) is 4.90 Å². The molecule has 1 aliphatic heterocycles. The fourth-order valence-electron chi connectivity index (χ4n) is 2.03. The van der Waals surface area contributed by atoms with Crippen LogP contribution in [0.25, 0.3) is 0 Å². The number of nitrogen functional groups attached to an aromatic ring is 1. The molecule has 2 rings (SSSR count). The molecule has 1 heterocycles. The lowest BCUT2D eigenvalue weighted by molar-refractivity contribution is 0.0302. The highest BCUT2D eigenvalue weighted by Gasteiger charge is 2.20. The first-order valence-electron chi connectivity index (χ1n) is 5.84. The lowest BCUT2D eigenvalue weighted by Gasteiger charge is -2.27. The van der Waals surface area contributed by atoms with Gasteiger partial charge < -0.3 is 15.4 Å². The first-order valence-corrected chi connectivity index (χ1v) is 5.84. The van der Waals surface area contributed by atoms with Crippen LogP contribution in [0.2, 0.25) is 0 Å². The monoisotopic (exact) mass is 234 g/mol. The number of aryl methyl sites for hydroxylation is 1. The number of nitrogens with zero attached hydrogens (tertiary/aromatic N) is 1. The molecule has 0 aromatic heterocycles. The minimum atomic E-state index is 0.0532. The molecule has 0 radical (unpaired) electrons. The van der Waals surface area contributed by atoms with Gasteiger partial charge in [0, 0.05) is 24.3 Å². The summed E-state index contributed by atoms with van der Waals surface area (Å²) >= 11 is 0. The first-order chi connectivity index (χ1) is 8.11. The average Bonchev–Trinajstić information content (AvgIpc) is 2.36. The highest BCUT2D eigenvalue weighted by atomic mass is 16.5. The van der Waals surface area contributed by atoms with Crippen molar-refractivity contribution in [2.45, 2.75) is 13.8 Å². The Balaban J connectivity index is 2.27. The van der Waals surface area contributed by atoms with Gasteiger partial charge in [-0.1, -0.05) is 6.07 Å². The second kappa shape index (κ2) is 4.75. The minimum Gasteiger partial charge on any atom is -0.398 e. The SMILES string of the molecule is Cc1ccc(C(=O)N2CCOCC2)c(C)c1N. The zero-order chi connectivity index (χ0) is 12.4. The fourth-order valence-corrected chi connectivity index (χ4v) is 2.03. The van der Waals surface area contributed by atoms with E-state index in [1.165, 1.54) is 0 Å². The van der Waals surface area contributed by atoms with E-state index in [4.69, 9.17) is 10.5 Å². The smallest absolute Gasteiger partial charge is 0.254 e. The van der Waals surface area contributed by atoms with Gasteiger partial charge in [-0.25, -0.2) is 0 Å². The van der Waals surface area contributed by atoms with Gasteiger partial charge in [0.05, 0.1) is 13.2 Å². The molecule has 1 fully saturated rings. The molecule has 0 unspecified atom stereocenters. The molecular formula is C13H18N2O2. The number of anilines is 1. The standard InChI is InChI=1S/C13H18N2O2/c1-9-3-4-11(10(2)12(9)14)13(16)15-5-7-17-8-6-15/h3-4H,5-8,14H2,1-2H3. The molecular weight excluding hydrogens is 216 g/mol. The van der Waals surface area contributed by atoms with Crippen LogP contribution in [0.5, 0.6) is 0 Å². The Morgan fingerprint density at radius 1 is 1.29 bits per heavy atom. The molecule has 92 valence electrons. The van der Waals surface area contributed by atoms with Crippen LogP contribution in [-0.2, 0) is 4.74 Å². The molecule has 1 aliphatic rings. The van der Waals surface area contributed by atoms with Crippen LogP contribution in [0.1, 0.15) is 21.5 Å². The van der Waals surface area contributed by atoms with Gasteiger partial charge in [-0.05, 0) is 31.0 Å². The number of carbonyl (C=O) groups excluding carboxylic acids is 1. The Morgan fingerprint density at radius 2 is 1.94 bits per heavy atom. The van der Waals surface area contributed by atoms with E-state index in [1.807, 2.05) is 30.9 Å². The van der Waals surface area contributed by atoms with E-state index in [0.29, 0.717) is 37.6 Å². The summed E-state index contributed by atoms with van der Waals surface area (Å²) in [5.41, 5.74) is 9.26. The number of hydrogen-bond donors (Lipinski definition) is 1. The first kappa shape index (κ1) is 11.9. The summed E-state index contributed by atoms with van der Waals surface area (Å²) < 4.78 is 5.24. The zero-order valence-corrected chi connectivity index (χ0v) is 10.3. The Morgan fingerprint density at radius 3 is 2.59 bits per heavy atom. The molecule has 0 spiro atoms. The number of ether oxygens (including phenoxy) is 1. The van der Waals surface area contributed by atoms with Crippen LogP contribution in [0.4, 0.5) is 5.69 Å². The summed E-state index contributed by atoms with van der Waals surface area (Å²) in [6.45, 7) is 6.40. The molecule has 4 nitrogen and oxygen atoms in total. The van der Waals surface area contributed by atoms with Crippen molar-refractivity contribution in [1.29, 1.82) is 0 Å². The molecule has 1 amide bonds. The number of nitrogens with two attached hydrogens (primary N) is 1. The van der Waals surface area contributed by atoms with Gasteiger partial charge in [0.15, 0.2) is 0 Å². The van der Waals surface area contributed by atoms with E-state index in [0.717, 1.165) is 11.1 Å². The summed E-state index contributed by atoms with van der Waals surface area (Å²) in [6.07, 6.45) is 0. The molecule has 1 aromatic rings. The molecule has 1 aromatic carbocycles. The van der Waals surface area contributed by atoms with Crippen molar-refractivity contribution in [2.75, 3.05) is 32.0 Å². The van der Waals surface area contributed by atoms with Gasteiger partial charge in [-0.15, -0.1) is 0 Å². The highest BCUT2D eigenvalue weighted by molar-refractivity contribution is 5.97. The minimum absolute atomic E-state index is 0.0532. The van der Waals surface area contributed by atoms with Crippen molar-refractivity contribution in [3.8, 4) is 0 Å². The van der Waals surface area contributed by atoms with Crippen LogP contribution in [0.15, 0.2) is 12.1 Å². The Bertz CT molecular complexity index is 437. The molecule has 17 heavy (non-hydrogen) atoms. The highest BCUT2D eigenvalue weighted by Crippen LogP contribution is 2.21. The van der Waals surface area contributed by atoms with Gasteiger partial charge in [0.25, 0.3) is 5.91 Å². The van der Waals surface area contributed by atoms with Crippen LogP contribution in [-0.4, -0.2) is 37.1 Å². The van der Waals surface area contributed by atoms with Crippen molar-refractivity contribution in [3.63, 3.8) is 0 Å². The fraction of sp³-hybridized carbons (Fsp3) is 0.462. The topological polar surface area (TPSA) is 55.6 Å². The van der Waals surface area contributed by atoms with Crippen molar-refractivity contribution >= 4 is 11.6 Å². The van der Waals surface area contributed by atoms with Crippen molar-refractivity contribution in [3.05, 3.63) is 28.8 Å². The Hall–Kier alpha value is -1.55. The van der Waals surface area contributed by atoms with E-state index < -0.39 is 0 Å². The maximum absolute atomic E-state index is 12.3. The molecule has 0 saturated carbocycles. The van der Waals surface area contributed by atoms with Gasteiger partial charge in [-0.2, -0.15) is 0 Å². The van der Waals surface area contributed by atoms with Crippen LogP contribution in [0.3, 0.4) is 0 Å². The summed E-state index contributed by atoms with van der Waals surface area (Å²) in [6, 6.07) is 3.76. The molecule has 0 atom stereocenters. The normalized spacial score (nSPS) is 16.0. The van der Waals surface area contributed by atoms with Crippen LogP contribution in [0, 0.1) is 13.8 Å². The quantitative estimate of drug-likeness (QED) is 0.746. The van der Waals surface area contributed by atoms with E-state index >= 15 is 0 Å².